The molecular weight excluding hydrogens is 531 g/mol. The predicted molar refractivity (Wildman–Crippen MR) is 149 cm³/mol. The molecule has 1 aromatic heterocycles. The van der Waals surface area contributed by atoms with Crippen LogP contribution in [0.15, 0.2) is 66.4 Å². The van der Waals surface area contributed by atoms with Crippen LogP contribution in [0.5, 0.6) is 0 Å². The van der Waals surface area contributed by atoms with Gasteiger partial charge >= 0.3 is 6.18 Å². The molecule has 5 rings (SSSR count). The molecule has 214 valence electrons. The zero-order chi connectivity index (χ0) is 29.9. The Morgan fingerprint density at radius 1 is 0.927 bits per heavy atom. The van der Waals surface area contributed by atoms with Gasteiger partial charge in [0, 0.05) is 24.7 Å². The maximum atomic E-state index is 14.4. The number of rotatable bonds is 4. The summed E-state index contributed by atoms with van der Waals surface area (Å²) < 4.78 is 43.0. The molecule has 1 saturated carbocycles. The van der Waals surface area contributed by atoms with E-state index in [4.69, 9.17) is 0 Å². The first-order chi connectivity index (χ1) is 19.1. The highest BCUT2D eigenvalue weighted by Gasteiger charge is 2.48. The van der Waals surface area contributed by atoms with Gasteiger partial charge in [0.05, 0.1) is 33.8 Å². The fourth-order valence-electron chi connectivity index (χ4n) is 6.07. The highest BCUT2D eigenvalue weighted by molar-refractivity contribution is 6.22. The second-order valence-electron chi connectivity index (χ2n) is 12.4. The molecule has 3 aromatic rings. The highest BCUT2D eigenvalue weighted by Crippen LogP contribution is 2.43. The molecule has 1 fully saturated rings. The van der Waals surface area contributed by atoms with Crippen molar-refractivity contribution in [2.45, 2.75) is 66.1 Å². The second kappa shape index (κ2) is 9.82. The number of alkyl halides is 3. The van der Waals surface area contributed by atoms with Gasteiger partial charge in [0.2, 0.25) is 0 Å². The van der Waals surface area contributed by atoms with Crippen molar-refractivity contribution in [3.05, 3.63) is 88.9 Å². The molecule has 1 heterocycles. The minimum atomic E-state index is -4.62. The van der Waals surface area contributed by atoms with E-state index in [9.17, 15) is 27.6 Å². The van der Waals surface area contributed by atoms with Crippen LogP contribution in [-0.2, 0) is 22.2 Å². The number of hydrogen-bond acceptors (Lipinski definition) is 5. The molecule has 0 bridgehead atoms. The fourth-order valence-corrected chi connectivity index (χ4v) is 6.07. The van der Waals surface area contributed by atoms with E-state index in [0.29, 0.717) is 23.4 Å². The molecule has 1 atom stereocenters. The third-order valence-corrected chi connectivity index (χ3v) is 7.91. The molecule has 1 unspecified atom stereocenters. The molecule has 0 saturated heterocycles. The Balaban J connectivity index is 1.69. The van der Waals surface area contributed by atoms with Crippen LogP contribution in [0.2, 0.25) is 0 Å². The summed E-state index contributed by atoms with van der Waals surface area (Å²) in [7, 11) is 0. The second-order valence-corrected chi connectivity index (χ2v) is 12.4. The van der Waals surface area contributed by atoms with Crippen molar-refractivity contribution < 1.29 is 27.6 Å². The predicted octanol–water partition coefficient (Wildman–Crippen LogP) is 6.68. The van der Waals surface area contributed by atoms with E-state index in [2.05, 4.69) is 5.10 Å². The SMILES string of the molecule is Cc1nn(-c2ccccc2)c2c1C(=O)C(N(C=C1C(=O)CC(C)(C)CC1=O)c1cccc(C(F)(F)F)c1)C(C)(C)C2. The van der Waals surface area contributed by atoms with Crippen LogP contribution in [-0.4, -0.2) is 33.2 Å². The molecule has 2 aliphatic carbocycles. The Labute approximate surface area is 236 Å². The molecular formula is C32H32F3N3O3. The fraction of sp³-hybridized carbons (Fsp3) is 0.375. The maximum Gasteiger partial charge on any atom is 0.416 e. The molecule has 0 radical (unpaired) electrons. The van der Waals surface area contributed by atoms with Crippen LogP contribution in [0.3, 0.4) is 0 Å². The number of aromatic nitrogens is 2. The lowest BCUT2D eigenvalue weighted by atomic mass is 9.70. The van der Waals surface area contributed by atoms with Crippen molar-refractivity contribution in [1.29, 1.82) is 0 Å². The van der Waals surface area contributed by atoms with Gasteiger partial charge in [-0.25, -0.2) is 4.68 Å². The lowest BCUT2D eigenvalue weighted by Crippen LogP contribution is -2.53. The molecule has 2 aliphatic rings. The van der Waals surface area contributed by atoms with Gasteiger partial charge in [0.15, 0.2) is 17.3 Å². The summed E-state index contributed by atoms with van der Waals surface area (Å²) in [5, 5.41) is 4.65. The quantitative estimate of drug-likeness (QED) is 0.262. The molecule has 9 heteroatoms. The molecule has 0 spiro atoms. The first-order valence-electron chi connectivity index (χ1n) is 13.5. The van der Waals surface area contributed by atoms with E-state index in [1.54, 1.807) is 11.6 Å². The number of para-hydroxylation sites is 1. The number of Topliss-reactive ketones (excluding diaryl/α,β-unsaturated/α-hetero) is 3. The third-order valence-electron chi connectivity index (χ3n) is 7.91. The van der Waals surface area contributed by atoms with E-state index < -0.39 is 40.2 Å². The average Bonchev–Trinajstić information content (AvgIpc) is 3.19. The summed E-state index contributed by atoms with van der Waals surface area (Å²) in [6.45, 7) is 9.11. The number of aryl methyl sites for hydroxylation is 1. The number of carbonyl (C=O) groups is 3. The first kappa shape index (κ1) is 28.5. The van der Waals surface area contributed by atoms with Gasteiger partial charge in [-0.2, -0.15) is 18.3 Å². The molecule has 41 heavy (non-hydrogen) atoms. The molecule has 6 nitrogen and oxygen atoms in total. The Kier molecular flexibility index (Phi) is 6.83. The number of anilines is 1. The summed E-state index contributed by atoms with van der Waals surface area (Å²) in [6, 6.07) is 13.0. The maximum absolute atomic E-state index is 14.4. The Bertz CT molecular complexity index is 1560. The van der Waals surface area contributed by atoms with Crippen molar-refractivity contribution in [1.82, 2.24) is 9.78 Å². The van der Waals surface area contributed by atoms with Crippen LogP contribution < -0.4 is 4.90 Å². The van der Waals surface area contributed by atoms with E-state index in [1.807, 2.05) is 58.0 Å². The highest BCUT2D eigenvalue weighted by atomic mass is 19.4. The molecule has 0 N–H and O–H groups in total. The van der Waals surface area contributed by atoms with Gasteiger partial charge in [-0.3, -0.25) is 14.4 Å². The van der Waals surface area contributed by atoms with Crippen LogP contribution in [0.25, 0.3) is 5.69 Å². The normalized spacial score (nSPS) is 20.1. The van der Waals surface area contributed by atoms with Gasteiger partial charge in [-0.05, 0) is 54.5 Å². The number of hydrogen-bond donors (Lipinski definition) is 0. The summed E-state index contributed by atoms with van der Waals surface area (Å²) in [4.78, 5) is 42.1. The topological polar surface area (TPSA) is 72.3 Å². The van der Waals surface area contributed by atoms with Crippen molar-refractivity contribution in [2.24, 2.45) is 10.8 Å². The number of benzene rings is 2. The van der Waals surface area contributed by atoms with Gasteiger partial charge in [0.25, 0.3) is 0 Å². The number of ketones is 3. The van der Waals surface area contributed by atoms with E-state index in [-0.39, 0.29) is 29.9 Å². The first-order valence-corrected chi connectivity index (χ1v) is 13.5. The smallest absolute Gasteiger partial charge is 0.336 e. The zero-order valence-corrected chi connectivity index (χ0v) is 23.7. The van der Waals surface area contributed by atoms with Crippen molar-refractivity contribution in [3.63, 3.8) is 0 Å². The minimum Gasteiger partial charge on any atom is -0.336 e. The minimum absolute atomic E-state index is 0.0701. The summed E-state index contributed by atoms with van der Waals surface area (Å²) in [6.07, 6.45) is -2.70. The van der Waals surface area contributed by atoms with Gasteiger partial charge in [0.1, 0.15) is 6.04 Å². The van der Waals surface area contributed by atoms with Crippen LogP contribution >= 0.6 is 0 Å². The monoisotopic (exact) mass is 563 g/mol. The van der Waals surface area contributed by atoms with E-state index >= 15 is 0 Å². The van der Waals surface area contributed by atoms with Crippen molar-refractivity contribution in [3.8, 4) is 5.69 Å². The van der Waals surface area contributed by atoms with Crippen LogP contribution in [0.4, 0.5) is 18.9 Å². The standard InChI is InChI=1S/C32H32F3N3O3/c1-19-27-24(38(36-19)21-11-7-6-8-12-21)15-31(4,5)29(28(27)41)37(22-13-9-10-20(14-22)32(33,34)35)18-23-25(39)16-30(2,3)17-26(23)40/h6-14,18,29H,15-17H2,1-5H3. The number of carbonyl (C=O) groups excluding carboxylic acids is 3. The van der Waals surface area contributed by atoms with Gasteiger partial charge < -0.3 is 4.90 Å². The van der Waals surface area contributed by atoms with Crippen molar-refractivity contribution in [2.75, 3.05) is 4.90 Å². The lowest BCUT2D eigenvalue weighted by Gasteiger charge is -2.44. The van der Waals surface area contributed by atoms with E-state index in [0.717, 1.165) is 17.8 Å². The average molecular weight is 564 g/mol. The van der Waals surface area contributed by atoms with Crippen LogP contribution in [0.1, 0.15) is 67.8 Å². The summed E-state index contributed by atoms with van der Waals surface area (Å²) in [5.41, 5.74) is 0.122. The molecule has 0 amide bonds. The third kappa shape index (κ3) is 5.25. The number of fused-ring (bicyclic) bond motifs is 1. The summed E-state index contributed by atoms with van der Waals surface area (Å²) in [5.74, 6) is -1.11. The lowest BCUT2D eigenvalue weighted by molar-refractivity contribution is -0.137. The number of allylic oxidation sites excluding steroid dienone is 1. The van der Waals surface area contributed by atoms with Gasteiger partial charge in [-0.15, -0.1) is 0 Å². The van der Waals surface area contributed by atoms with Crippen LogP contribution in [0, 0.1) is 17.8 Å². The number of halogens is 3. The Morgan fingerprint density at radius 2 is 1.56 bits per heavy atom. The largest absolute Gasteiger partial charge is 0.416 e. The Hall–Kier alpha value is -4.01. The van der Waals surface area contributed by atoms with Gasteiger partial charge in [-0.1, -0.05) is 52.0 Å². The molecule has 0 aliphatic heterocycles. The van der Waals surface area contributed by atoms with Crippen molar-refractivity contribution >= 4 is 23.0 Å². The zero-order valence-electron chi connectivity index (χ0n) is 23.7. The number of nitrogens with zero attached hydrogens (tertiary/aromatic N) is 3. The summed E-state index contributed by atoms with van der Waals surface area (Å²) >= 11 is 0. The molecule has 2 aromatic carbocycles. The Morgan fingerprint density at radius 3 is 2.17 bits per heavy atom. The van der Waals surface area contributed by atoms with E-state index in [1.165, 1.54) is 23.2 Å².